The molecule has 2 aromatic rings. The summed E-state index contributed by atoms with van der Waals surface area (Å²) in [7, 11) is 0. The van der Waals surface area contributed by atoms with Crippen LogP contribution in [-0.2, 0) is 6.42 Å². The second-order valence-electron chi connectivity index (χ2n) is 4.39. The SMILES string of the molecule is CC(CCc1ccc(OC(F)F)cc1)Nc1cnns1. The summed E-state index contributed by atoms with van der Waals surface area (Å²) in [4.78, 5) is 0. The van der Waals surface area contributed by atoms with E-state index < -0.39 is 6.61 Å². The molecule has 0 aliphatic heterocycles. The van der Waals surface area contributed by atoms with Crippen molar-refractivity contribution in [2.75, 3.05) is 5.32 Å². The summed E-state index contributed by atoms with van der Waals surface area (Å²) in [6.07, 6.45) is 3.47. The predicted molar refractivity (Wildman–Crippen MR) is 74.4 cm³/mol. The molecule has 0 bridgehead atoms. The van der Waals surface area contributed by atoms with Crippen LogP contribution in [0.25, 0.3) is 0 Å². The molecular formula is C13H15F2N3OS. The van der Waals surface area contributed by atoms with Gasteiger partial charge >= 0.3 is 6.61 Å². The highest BCUT2D eigenvalue weighted by molar-refractivity contribution is 7.09. The zero-order valence-electron chi connectivity index (χ0n) is 10.9. The molecule has 0 spiro atoms. The first kappa shape index (κ1) is 14.6. The highest BCUT2D eigenvalue weighted by atomic mass is 32.1. The van der Waals surface area contributed by atoms with E-state index in [-0.39, 0.29) is 11.8 Å². The zero-order chi connectivity index (χ0) is 14.4. The molecule has 0 fully saturated rings. The van der Waals surface area contributed by atoms with Crippen molar-refractivity contribution in [3.8, 4) is 5.75 Å². The second kappa shape index (κ2) is 7.14. The minimum absolute atomic E-state index is 0.186. The van der Waals surface area contributed by atoms with Crippen molar-refractivity contribution in [3.63, 3.8) is 0 Å². The number of rotatable bonds is 7. The Balaban J connectivity index is 1.78. The van der Waals surface area contributed by atoms with Crippen LogP contribution in [0.5, 0.6) is 5.75 Å². The molecule has 0 amide bonds. The Morgan fingerprint density at radius 1 is 1.30 bits per heavy atom. The number of alkyl halides is 2. The molecule has 1 atom stereocenters. The number of anilines is 1. The molecule has 0 aliphatic carbocycles. The molecule has 7 heteroatoms. The predicted octanol–water partition coefficient (Wildman–Crippen LogP) is 3.57. The van der Waals surface area contributed by atoms with Crippen molar-refractivity contribution in [2.24, 2.45) is 0 Å². The van der Waals surface area contributed by atoms with Gasteiger partial charge in [-0.1, -0.05) is 16.6 Å². The van der Waals surface area contributed by atoms with Crippen molar-refractivity contribution < 1.29 is 13.5 Å². The first-order chi connectivity index (χ1) is 9.63. The van der Waals surface area contributed by atoms with Gasteiger partial charge in [-0.15, -0.1) is 5.10 Å². The molecule has 0 radical (unpaired) electrons. The fourth-order valence-corrected chi connectivity index (χ4v) is 2.30. The molecule has 20 heavy (non-hydrogen) atoms. The summed E-state index contributed by atoms with van der Waals surface area (Å²) in [5.41, 5.74) is 1.09. The fourth-order valence-electron chi connectivity index (χ4n) is 1.77. The van der Waals surface area contributed by atoms with Crippen LogP contribution in [0, 0.1) is 0 Å². The summed E-state index contributed by atoms with van der Waals surface area (Å²) >= 11 is 1.32. The average Bonchev–Trinajstić information content (AvgIpc) is 2.90. The van der Waals surface area contributed by atoms with Gasteiger partial charge in [-0.2, -0.15) is 8.78 Å². The molecule has 1 aromatic heterocycles. The van der Waals surface area contributed by atoms with Crippen LogP contribution in [0.15, 0.2) is 30.5 Å². The number of benzene rings is 1. The summed E-state index contributed by atoms with van der Waals surface area (Å²) < 4.78 is 32.1. The molecule has 4 nitrogen and oxygen atoms in total. The Bertz CT molecular complexity index is 505. The van der Waals surface area contributed by atoms with Gasteiger partial charge in [-0.25, -0.2) is 0 Å². The molecule has 0 saturated heterocycles. The summed E-state index contributed by atoms with van der Waals surface area (Å²) in [6.45, 7) is -0.702. The van der Waals surface area contributed by atoms with Gasteiger partial charge < -0.3 is 10.1 Å². The maximum absolute atomic E-state index is 12.0. The first-order valence-electron chi connectivity index (χ1n) is 6.21. The molecule has 1 aromatic carbocycles. The van der Waals surface area contributed by atoms with E-state index in [4.69, 9.17) is 0 Å². The van der Waals surface area contributed by atoms with Crippen molar-refractivity contribution in [1.82, 2.24) is 9.59 Å². The van der Waals surface area contributed by atoms with E-state index in [1.54, 1.807) is 30.5 Å². The number of nitrogens with one attached hydrogen (secondary N) is 1. The maximum Gasteiger partial charge on any atom is 0.387 e. The Labute approximate surface area is 119 Å². The topological polar surface area (TPSA) is 47.0 Å². The number of hydrogen-bond acceptors (Lipinski definition) is 5. The average molecular weight is 299 g/mol. The third-order valence-electron chi connectivity index (χ3n) is 2.76. The van der Waals surface area contributed by atoms with Gasteiger partial charge in [0.05, 0.1) is 6.20 Å². The highest BCUT2D eigenvalue weighted by Crippen LogP contribution is 2.17. The van der Waals surface area contributed by atoms with E-state index >= 15 is 0 Å². The van der Waals surface area contributed by atoms with Crippen molar-refractivity contribution >= 4 is 16.5 Å². The third kappa shape index (κ3) is 4.73. The molecule has 1 heterocycles. The lowest BCUT2D eigenvalue weighted by Crippen LogP contribution is -2.15. The van der Waals surface area contributed by atoms with Gasteiger partial charge in [0.25, 0.3) is 0 Å². The quantitative estimate of drug-likeness (QED) is 0.849. The molecule has 1 unspecified atom stereocenters. The van der Waals surface area contributed by atoms with Crippen LogP contribution in [0.1, 0.15) is 18.9 Å². The monoisotopic (exact) mass is 299 g/mol. The van der Waals surface area contributed by atoms with Crippen molar-refractivity contribution in [1.29, 1.82) is 0 Å². The molecule has 0 saturated carbocycles. The summed E-state index contributed by atoms with van der Waals surface area (Å²) in [5.74, 6) is 0.186. The Morgan fingerprint density at radius 2 is 2.05 bits per heavy atom. The lowest BCUT2D eigenvalue weighted by atomic mass is 10.1. The lowest BCUT2D eigenvalue weighted by molar-refractivity contribution is -0.0498. The molecule has 1 N–H and O–H groups in total. The number of aromatic nitrogens is 2. The number of ether oxygens (including phenoxy) is 1. The maximum atomic E-state index is 12.0. The number of hydrogen-bond donors (Lipinski definition) is 1. The van der Waals surface area contributed by atoms with Gasteiger partial charge in [0.2, 0.25) is 0 Å². The van der Waals surface area contributed by atoms with Gasteiger partial charge in [0, 0.05) is 17.6 Å². The summed E-state index contributed by atoms with van der Waals surface area (Å²) in [5, 5.41) is 8.00. The minimum Gasteiger partial charge on any atom is -0.435 e. The Kier molecular flexibility index (Phi) is 5.23. The lowest BCUT2D eigenvalue weighted by Gasteiger charge is -2.13. The fraction of sp³-hybridized carbons (Fsp3) is 0.385. The molecular weight excluding hydrogens is 284 g/mol. The van der Waals surface area contributed by atoms with E-state index in [9.17, 15) is 8.78 Å². The second-order valence-corrected chi connectivity index (χ2v) is 5.17. The van der Waals surface area contributed by atoms with Crippen molar-refractivity contribution in [2.45, 2.75) is 32.4 Å². The molecule has 2 rings (SSSR count). The van der Waals surface area contributed by atoms with E-state index in [1.165, 1.54) is 11.5 Å². The van der Waals surface area contributed by atoms with E-state index in [0.717, 1.165) is 23.4 Å². The van der Waals surface area contributed by atoms with Gasteiger partial charge in [0.1, 0.15) is 10.8 Å². The minimum atomic E-state index is -2.78. The van der Waals surface area contributed by atoms with Crippen LogP contribution in [-0.4, -0.2) is 22.2 Å². The summed E-state index contributed by atoms with van der Waals surface area (Å²) in [6, 6.07) is 7.02. The largest absolute Gasteiger partial charge is 0.435 e. The van der Waals surface area contributed by atoms with E-state index in [0.29, 0.717) is 0 Å². The molecule has 0 aliphatic rings. The number of aryl methyl sites for hydroxylation is 1. The van der Waals surface area contributed by atoms with Crippen LogP contribution in [0.2, 0.25) is 0 Å². The van der Waals surface area contributed by atoms with E-state index in [1.807, 2.05) is 0 Å². The smallest absolute Gasteiger partial charge is 0.387 e. The van der Waals surface area contributed by atoms with Gasteiger partial charge in [0.15, 0.2) is 0 Å². The standard InChI is InChI=1S/C13H15F2N3OS/c1-9(17-12-8-16-18-20-12)2-3-10-4-6-11(7-5-10)19-13(14)15/h4-9,13,17H,2-3H2,1H3. The normalized spacial score (nSPS) is 12.4. The van der Waals surface area contributed by atoms with Gasteiger partial charge in [-0.05, 0) is 37.5 Å². The van der Waals surface area contributed by atoms with Gasteiger partial charge in [-0.3, -0.25) is 0 Å². The highest BCUT2D eigenvalue weighted by Gasteiger charge is 2.06. The number of nitrogens with zero attached hydrogens (tertiary/aromatic N) is 2. The Hall–Kier alpha value is -1.76. The third-order valence-corrected chi connectivity index (χ3v) is 3.36. The first-order valence-corrected chi connectivity index (χ1v) is 6.98. The Morgan fingerprint density at radius 3 is 2.65 bits per heavy atom. The van der Waals surface area contributed by atoms with Crippen molar-refractivity contribution in [3.05, 3.63) is 36.0 Å². The molecule has 108 valence electrons. The van der Waals surface area contributed by atoms with Crippen LogP contribution >= 0.6 is 11.5 Å². The van der Waals surface area contributed by atoms with Crippen LogP contribution < -0.4 is 10.1 Å². The number of halogens is 2. The van der Waals surface area contributed by atoms with Crippen LogP contribution in [0.4, 0.5) is 13.8 Å². The zero-order valence-corrected chi connectivity index (χ0v) is 11.7. The van der Waals surface area contributed by atoms with E-state index in [2.05, 4.69) is 26.6 Å². The van der Waals surface area contributed by atoms with Crippen LogP contribution in [0.3, 0.4) is 0 Å².